The lowest BCUT2D eigenvalue weighted by Gasteiger charge is -2.28. The summed E-state index contributed by atoms with van der Waals surface area (Å²) in [4.78, 5) is 18.7. The Labute approximate surface area is 221 Å². The van der Waals surface area contributed by atoms with Gasteiger partial charge in [-0.1, -0.05) is 36.9 Å². The smallest absolute Gasteiger partial charge is 0.250 e. The summed E-state index contributed by atoms with van der Waals surface area (Å²) in [5, 5.41) is 7.31. The minimum absolute atomic E-state index is 0.0377. The van der Waals surface area contributed by atoms with Gasteiger partial charge in [-0.3, -0.25) is 9.78 Å². The molecule has 2 N–H and O–H groups in total. The molecular weight excluding hydrogens is 494 g/mol. The molecule has 1 amide bonds. The van der Waals surface area contributed by atoms with Gasteiger partial charge in [0.25, 0.3) is 0 Å². The number of benzene rings is 1. The molecule has 3 aromatic rings. The fraction of sp³-hybridized carbons (Fsp3) is 0.370. The highest BCUT2D eigenvalue weighted by Gasteiger charge is 2.41. The average Bonchev–Trinajstić information content (AvgIpc) is 3.51. The van der Waals surface area contributed by atoms with Crippen molar-refractivity contribution < 1.29 is 9.53 Å². The van der Waals surface area contributed by atoms with Crippen molar-refractivity contribution in [2.75, 3.05) is 23.9 Å². The summed E-state index contributed by atoms with van der Waals surface area (Å²) in [6.45, 7) is -0.0377. The minimum atomic E-state index is -0.261. The summed E-state index contributed by atoms with van der Waals surface area (Å²) in [6, 6.07) is 14.0. The van der Waals surface area contributed by atoms with Crippen molar-refractivity contribution in [3.8, 4) is 0 Å². The van der Waals surface area contributed by atoms with Gasteiger partial charge in [0.05, 0.1) is 28.5 Å². The molecule has 1 aliphatic heterocycles. The van der Waals surface area contributed by atoms with Gasteiger partial charge in [-0.2, -0.15) is 0 Å². The van der Waals surface area contributed by atoms with E-state index in [1.54, 1.807) is 12.3 Å². The van der Waals surface area contributed by atoms with E-state index in [1.165, 1.54) is 39.2 Å². The molecule has 2 fully saturated rings. The predicted molar refractivity (Wildman–Crippen MR) is 146 cm³/mol. The highest BCUT2D eigenvalue weighted by atomic mass is 35.5. The van der Waals surface area contributed by atoms with Gasteiger partial charge in [0.15, 0.2) is 5.11 Å². The van der Waals surface area contributed by atoms with E-state index in [-0.39, 0.29) is 24.6 Å². The molecule has 2 aromatic heterocycles. The Kier molecular flexibility index (Phi) is 7.55. The van der Waals surface area contributed by atoms with Crippen LogP contribution in [0.3, 0.4) is 0 Å². The lowest BCUT2D eigenvalue weighted by atomic mass is 9.95. The summed E-state index contributed by atoms with van der Waals surface area (Å²) in [5.74, 6) is -0.261. The number of methoxy groups -OCH3 is 1. The molecule has 188 valence electrons. The number of carbonyl (C=O) groups excluding carboxylic acids is 1. The van der Waals surface area contributed by atoms with E-state index in [2.05, 4.69) is 43.5 Å². The van der Waals surface area contributed by atoms with Gasteiger partial charge >= 0.3 is 0 Å². The standard InChI is InChI=1S/C27H30ClN5O2S/c1-35-17-24(34)30-22-11-10-20(15-21(22)28)33-26(25(31-27(33)36)23-9-5-6-13-29-23)18-12-14-32(16-18)19-7-3-2-4-8-19/h5-6,9-16,19,25-26H,2-4,7-8,17H2,1H3,(H,30,34)(H,31,36)/t25-,26-/m0/s1. The summed E-state index contributed by atoms with van der Waals surface area (Å²) in [6.07, 6.45) is 12.6. The van der Waals surface area contributed by atoms with Gasteiger partial charge in [0.1, 0.15) is 6.61 Å². The Bertz CT molecular complexity index is 1230. The number of rotatable bonds is 7. The third kappa shape index (κ3) is 5.12. The number of amides is 1. The number of nitrogens with one attached hydrogen (secondary N) is 2. The lowest BCUT2D eigenvalue weighted by Crippen LogP contribution is -2.29. The van der Waals surface area contributed by atoms with E-state index in [0.29, 0.717) is 21.9 Å². The molecule has 1 saturated heterocycles. The van der Waals surface area contributed by atoms with E-state index in [4.69, 9.17) is 28.6 Å². The highest BCUT2D eigenvalue weighted by molar-refractivity contribution is 7.80. The first-order chi connectivity index (χ1) is 17.5. The summed E-state index contributed by atoms with van der Waals surface area (Å²) >= 11 is 12.4. The van der Waals surface area contributed by atoms with Crippen LogP contribution in [-0.2, 0) is 9.53 Å². The van der Waals surface area contributed by atoms with Crippen molar-refractivity contribution in [3.05, 3.63) is 77.3 Å². The van der Waals surface area contributed by atoms with Crippen molar-refractivity contribution >= 4 is 46.2 Å². The van der Waals surface area contributed by atoms with Crippen LogP contribution in [0.1, 0.15) is 61.5 Å². The van der Waals surface area contributed by atoms with Crippen LogP contribution in [0, 0.1) is 0 Å². The van der Waals surface area contributed by atoms with Gasteiger partial charge in [0, 0.05) is 37.4 Å². The summed E-state index contributed by atoms with van der Waals surface area (Å²) in [5.41, 5.74) is 3.46. The van der Waals surface area contributed by atoms with E-state index >= 15 is 0 Å². The van der Waals surface area contributed by atoms with Gasteiger partial charge in [-0.05, 0) is 67.0 Å². The van der Waals surface area contributed by atoms with Crippen molar-refractivity contribution in [2.45, 2.75) is 50.2 Å². The number of carbonyl (C=O) groups is 1. The van der Waals surface area contributed by atoms with Crippen LogP contribution in [0.4, 0.5) is 11.4 Å². The minimum Gasteiger partial charge on any atom is -0.375 e. The molecule has 2 aliphatic rings. The first kappa shape index (κ1) is 24.7. The second-order valence-corrected chi connectivity index (χ2v) is 10.1. The van der Waals surface area contributed by atoms with Gasteiger partial charge < -0.3 is 24.8 Å². The van der Waals surface area contributed by atoms with Crippen molar-refractivity contribution in [2.24, 2.45) is 0 Å². The molecule has 2 atom stereocenters. The molecule has 0 spiro atoms. The largest absolute Gasteiger partial charge is 0.375 e. The number of ether oxygens (including phenoxy) is 1. The maximum atomic E-state index is 12.0. The Balaban J connectivity index is 1.50. The molecule has 0 radical (unpaired) electrons. The molecule has 7 nitrogen and oxygen atoms in total. The quantitative estimate of drug-likeness (QED) is 0.381. The molecule has 9 heteroatoms. The van der Waals surface area contributed by atoms with E-state index in [9.17, 15) is 4.79 Å². The van der Waals surface area contributed by atoms with Crippen molar-refractivity contribution in [3.63, 3.8) is 0 Å². The fourth-order valence-electron chi connectivity index (χ4n) is 5.26. The van der Waals surface area contributed by atoms with Gasteiger partial charge in [-0.25, -0.2) is 0 Å². The summed E-state index contributed by atoms with van der Waals surface area (Å²) in [7, 11) is 1.48. The Morgan fingerprint density at radius 2 is 2.06 bits per heavy atom. The topological polar surface area (TPSA) is 71.4 Å². The highest BCUT2D eigenvalue weighted by Crippen LogP contribution is 2.43. The van der Waals surface area contributed by atoms with Crippen LogP contribution in [0.25, 0.3) is 0 Å². The molecule has 5 rings (SSSR count). The second kappa shape index (κ2) is 11.0. The maximum absolute atomic E-state index is 12.0. The Morgan fingerprint density at radius 1 is 1.22 bits per heavy atom. The van der Waals surface area contributed by atoms with Crippen LogP contribution >= 0.6 is 23.8 Å². The average molecular weight is 524 g/mol. The molecule has 1 saturated carbocycles. The first-order valence-corrected chi connectivity index (χ1v) is 13.1. The van der Waals surface area contributed by atoms with Crippen LogP contribution in [0.2, 0.25) is 5.02 Å². The molecule has 1 aliphatic carbocycles. The van der Waals surface area contributed by atoms with Crippen molar-refractivity contribution in [1.29, 1.82) is 0 Å². The molecule has 36 heavy (non-hydrogen) atoms. The molecule has 3 heterocycles. The number of hydrogen-bond acceptors (Lipinski definition) is 4. The number of pyridine rings is 1. The van der Waals surface area contributed by atoms with E-state index in [1.807, 2.05) is 30.3 Å². The van der Waals surface area contributed by atoms with Crippen LogP contribution in [0.15, 0.2) is 61.1 Å². The van der Waals surface area contributed by atoms with Crippen LogP contribution in [-0.4, -0.2) is 34.3 Å². The lowest BCUT2D eigenvalue weighted by molar-refractivity contribution is -0.119. The van der Waals surface area contributed by atoms with Gasteiger partial charge in [-0.15, -0.1) is 0 Å². The number of thiocarbonyl (C=S) groups is 1. The zero-order valence-corrected chi connectivity index (χ0v) is 21.8. The van der Waals surface area contributed by atoms with E-state index < -0.39 is 0 Å². The predicted octanol–water partition coefficient (Wildman–Crippen LogP) is 5.80. The number of anilines is 2. The van der Waals surface area contributed by atoms with Crippen LogP contribution in [0.5, 0.6) is 0 Å². The second-order valence-electron chi connectivity index (χ2n) is 9.33. The molecule has 0 unspecified atom stereocenters. The molecule has 0 bridgehead atoms. The molecular formula is C27H30ClN5O2S. The van der Waals surface area contributed by atoms with Crippen LogP contribution < -0.4 is 15.5 Å². The number of hydrogen-bond donors (Lipinski definition) is 2. The SMILES string of the molecule is COCC(=O)Nc1ccc(N2C(=S)N[C@@H](c3ccccn3)[C@@H]2c2ccn(C3CCCCC3)c2)cc1Cl. The third-order valence-electron chi connectivity index (χ3n) is 6.95. The first-order valence-electron chi connectivity index (χ1n) is 12.3. The Morgan fingerprint density at radius 3 is 2.78 bits per heavy atom. The number of nitrogens with zero attached hydrogens (tertiary/aromatic N) is 3. The zero-order chi connectivity index (χ0) is 25.1. The zero-order valence-electron chi connectivity index (χ0n) is 20.2. The third-order valence-corrected chi connectivity index (χ3v) is 7.58. The summed E-state index contributed by atoms with van der Waals surface area (Å²) < 4.78 is 7.27. The molecule has 1 aromatic carbocycles. The van der Waals surface area contributed by atoms with E-state index in [0.717, 1.165) is 16.9 Å². The number of halogens is 1. The normalized spacial score (nSPS) is 20.4. The van der Waals surface area contributed by atoms with Crippen molar-refractivity contribution in [1.82, 2.24) is 14.9 Å². The monoisotopic (exact) mass is 523 g/mol. The maximum Gasteiger partial charge on any atom is 0.250 e. The fourth-order valence-corrected chi connectivity index (χ4v) is 5.82. The van der Waals surface area contributed by atoms with Gasteiger partial charge in [0.2, 0.25) is 5.91 Å². The Hall–Kier alpha value is -2.94. The number of aromatic nitrogens is 2.